The molecule has 0 bridgehead atoms. The predicted octanol–water partition coefficient (Wildman–Crippen LogP) is 4.00. The lowest BCUT2D eigenvalue weighted by molar-refractivity contribution is 0.634. The second-order valence-corrected chi connectivity index (χ2v) is 4.86. The standard InChI is InChI=1S/C14H15ClN2/c1-10(2)8-12-9-13(15)17-14(16-12)11-6-4-3-5-7-11/h3-7,9-10H,8H2,1-2H3. The van der Waals surface area contributed by atoms with Crippen LogP contribution in [0.1, 0.15) is 19.5 Å². The molecular formula is C14H15ClN2. The second-order valence-electron chi connectivity index (χ2n) is 4.47. The normalized spacial score (nSPS) is 10.8. The quantitative estimate of drug-likeness (QED) is 0.765. The number of hydrogen-bond donors (Lipinski definition) is 0. The topological polar surface area (TPSA) is 25.8 Å². The maximum absolute atomic E-state index is 6.03. The fraction of sp³-hybridized carbons (Fsp3) is 0.286. The molecule has 3 heteroatoms. The van der Waals surface area contributed by atoms with Gasteiger partial charge in [0, 0.05) is 11.3 Å². The van der Waals surface area contributed by atoms with Crippen molar-refractivity contribution in [2.24, 2.45) is 5.92 Å². The smallest absolute Gasteiger partial charge is 0.161 e. The Kier molecular flexibility index (Phi) is 3.75. The van der Waals surface area contributed by atoms with Gasteiger partial charge in [0.15, 0.2) is 5.82 Å². The first-order valence-electron chi connectivity index (χ1n) is 5.74. The van der Waals surface area contributed by atoms with Gasteiger partial charge in [0.1, 0.15) is 5.15 Å². The second kappa shape index (κ2) is 5.28. The molecule has 2 nitrogen and oxygen atoms in total. The Balaban J connectivity index is 2.38. The summed E-state index contributed by atoms with van der Waals surface area (Å²) < 4.78 is 0. The van der Waals surface area contributed by atoms with E-state index in [9.17, 15) is 0 Å². The molecule has 2 aromatic rings. The molecule has 0 spiro atoms. The average molecular weight is 247 g/mol. The van der Waals surface area contributed by atoms with Gasteiger partial charge in [0.05, 0.1) is 0 Å². The average Bonchev–Trinajstić information content (AvgIpc) is 2.28. The Labute approximate surface area is 107 Å². The number of aromatic nitrogens is 2. The van der Waals surface area contributed by atoms with E-state index >= 15 is 0 Å². The Morgan fingerprint density at radius 3 is 2.47 bits per heavy atom. The Morgan fingerprint density at radius 2 is 1.82 bits per heavy atom. The van der Waals surface area contributed by atoms with Crippen LogP contribution < -0.4 is 0 Å². The molecule has 2 rings (SSSR count). The van der Waals surface area contributed by atoms with Crippen LogP contribution in [0.15, 0.2) is 36.4 Å². The summed E-state index contributed by atoms with van der Waals surface area (Å²) in [5.41, 5.74) is 2.00. The van der Waals surface area contributed by atoms with Crippen LogP contribution in [0.4, 0.5) is 0 Å². The molecule has 88 valence electrons. The molecular weight excluding hydrogens is 232 g/mol. The zero-order valence-corrected chi connectivity index (χ0v) is 10.8. The van der Waals surface area contributed by atoms with E-state index in [1.807, 2.05) is 36.4 Å². The van der Waals surface area contributed by atoms with Gasteiger partial charge in [-0.3, -0.25) is 0 Å². The molecule has 0 atom stereocenters. The summed E-state index contributed by atoms with van der Waals surface area (Å²) in [6.45, 7) is 4.33. The van der Waals surface area contributed by atoms with Crippen molar-refractivity contribution in [1.29, 1.82) is 0 Å². The van der Waals surface area contributed by atoms with Gasteiger partial charge in [-0.25, -0.2) is 9.97 Å². The molecule has 0 aliphatic rings. The summed E-state index contributed by atoms with van der Waals surface area (Å²) in [6, 6.07) is 11.7. The number of rotatable bonds is 3. The summed E-state index contributed by atoms with van der Waals surface area (Å²) >= 11 is 6.03. The van der Waals surface area contributed by atoms with Crippen molar-refractivity contribution in [1.82, 2.24) is 9.97 Å². The molecule has 1 aromatic heterocycles. The summed E-state index contributed by atoms with van der Waals surface area (Å²) in [6.07, 6.45) is 0.919. The fourth-order valence-corrected chi connectivity index (χ4v) is 1.91. The van der Waals surface area contributed by atoms with Gasteiger partial charge < -0.3 is 0 Å². The van der Waals surface area contributed by atoms with Crippen molar-refractivity contribution in [2.75, 3.05) is 0 Å². The summed E-state index contributed by atoms with van der Waals surface area (Å²) in [5, 5.41) is 0.509. The highest BCUT2D eigenvalue weighted by atomic mass is 35.5. The largest absolute Gasteiger partial charge is 0.233 e. The molecule has 0 aliphatic carbocycles. The third-order valence-corrected chi connectivity index (χ3v) is 2.59. The lowest BCUT2D eigenvalue weighted by Gasteiger charge is -2.07. The van der Waals surface area contributed by atoms with E-state index < -0.39 is 0 Å². The van der Waals surface area contributed by atoms with Crippen LogP contribution in [0.3, 0.4) is 0 Å². The van der Waals surface area contributed by atoms with E-state index in [0.717, 1.165) is 17.7 Å². The SMILES string of the molecule is CC(C)Cc1cc(Cl)nc(-c2ccccc2)n1. The van der Waals surface area contributed by atoms with Gasteiger partial charge in [0.25, 0.3) is 0 Å². The van der Waals surface area contributed by atoms with E-state index in [-0.39, 0.29) is 0 Å². The molecule has 0 amide bonds. The molecule has 0 fully saturated rings. The maximum atomic E-state index is 6.03. The molecule has 0 N–H and O–H groups in total. The first-order valence-corrected chi connectivity index (χ1v) is 6.12. The van der Waals surface area contributed by atoms with Crippen LogP contribution >= 0.6 is 11.6 Å². The lowest BCUT2D eigenvalue weighted by atomic mass is 10.1. The van der Waals surface area contributed by atoms with Crippen molar-refractivity contribution in [3.8, 4) is 11.4 Å². The van der Waals surface area contributed by atoms with Gasteiger partial charge in [-0.15, -0.1) is 0 Å². The fourth-order valence-electron chi connectivity index (χ4n) is 1.70. The van der Waals surface area contributed by atoms with Gasteiger partial charge in [-0.2, -0.15) is 0 Å². The zero-order valence-electron chi connectivity index (χ0n) is 10.0. The highest BCUT2D eigenvalue weighted by molar-refractivity contribution is 6.29. The number of hydrogen-bond acceptors (Lipinski definition) is 2. The molecule has 1 aromatic carbocycles. The molecule has 17 heavy (non-hydrogen) atoms. The minimum absolute atomic E-state index is 0.509. The predicted molar refractivity (Wildman–Crippen MR) is 71.0 cm³/mol. The van der Waals surface area contributed by atoms with Crippen molar-refractivity contribution in [3.63, 3.8) is 0 Å². The van der Waals surface area contributed by atoms with Crippen molar-refractivity contribution in [3.05, 3.63) is 47.2 Å². The third-order valence-electron chi connectivity index (χ3n) is 2.40. The van der Waals surface area contributed by atoms with E-state index in [0.29, 0.717) is 16.9 Å². The highest BCUT2D eigenvalue weighted by Gasteiger charge is 2.06. The first kappa shape index (κ1) is 12.1. The van der Waals surface area contributed by atoms with Crippen molar-refractivity contribution >= 4 is 11.6 Å². The van der Waals surface area contributed by atoms with Crippen LogP contribution in [-0.4, -0.2) is 9.97 Å². The van der Waals surface area contributed by atoms with E-state index in [1.165, 1.54) is 0 Å². The Hall–Kier alpha value is -1.41. The first-order chi connectivity index (χ1) is 8.15. The lowest BCUT2D eigenvalue weighted by Crippen LogP contribution is -2.00. The maximum Gasteiger partial charge on any atom is 0.161 e. The van der Waals surface area contributed by atoms with E-state index in [2.05, 4.69) is 23.8 Å². The molecule has 0 aliphatic heterocycles. The third kappa shape index (κ3) is 3.27. The van der Waals surface area contributed by atoms with Crippen molar-refractivity contribution < 1.29 is 0 Å². The molecule has 0 saturated carbocycles. The number of halogens is 1. The minimum atomic E-state index is 0.509. The van der Waals surface area contributed by atoms with Crippen molar-refractivity contribution in [2.45, 2.75) is 20.3 Å². The van der Waals surface area contributed by atoms with E-state index in [1.54, 1.807) is 0 Å². The monoisotopic (exact) mass is 246 g/mol. The van der Waals surface area contributed by atoms with Crippen LogP contribution in [-0.2, 0) is 6.42 Å². The van der Waals surface area contributed by atoms with Gasteiger partial charge in [0.2, 0.25) is 0 Å². The Bertz CT molecular complexity index is 495. The van der Waals surface area contributed by atoms with Crippen LogP contribution in [0.5, 0.6) is 0 Å². The summed E-state index contributed by atoms with van der Waals surface area (Å²) in [7, 11) is 0. The van der Waals surface area contributed by atoms with Gasteiger partial charge in [-0.1, -0.05) is 55.8 Å². The van der Waals surface area contributed by atoms with Crippen LogP contribution in [0.25, 0.3) is 11.4 Å². The molecule has 1 heterocycles. The van der Waals surface area contributed by atoms with E-state index in [4.69, 9.17) is 11.6 Å². The molecule has 0 saturated heterocycles. The molecule has 0 radical (unpaired) electrons. The number of benzene rings is 1. The Morgan fingerprint density at radius 1 is 1.12 bits per heavy atom. The molecule has 0 unspecified atom stereocenters. The number of nitrogens with zero attached hydrogens (tertiary/aromatic N) is 2. The summed E-state index contributed by atoms with van der Waals surface area (Å²) in [5.74, 6) is 1.26. The summed E-state index contributed by atoms with van der Waals surface area (Å²) in [4.78, 5) is 8.81. The van der Waals surface area contributed by atoms with Crippen LogP contribution in [0, 0.1) is 5.92 Å². The minimum Gasteiger partial charge on any atom is -0.233 e. The zero-order chi connectivity index (χ0) is 12.3. The van der Waals surface area contributed by atoms with Gasteiger partial charge in [-0.05, 0) is 18.4 Å². The van der Waals surface area contributed by atoms with Crippen LogP contribution in [0.2, 0.25) is 5.15 Å². The highest BCUT2D eigenvalue weighted by Crippen LogP contribution is 2.19. The van der Waals surface area contributed by atoms with Gasteiger partial charge >= 0.3 is 0 Å².